The van der Waals surface area contributed by atoms with Gasteiger partial charge in [0.1, 0.15) is 24.1 Å². The number of esters is 1. The zero-order chi connectivity index (χ0) is 22.4. The molecule has 2 aromatic rings. The van der Waals surface area contributed by atoms with E-state index in [0.29, 0.717) is 17.0 Å². The molecular formula is C23H21N3O4S. The molecule has 0 aliphatic carbocycles. The standard InChI is InChI=1S/C23H21N3O4S/c1-3-16-8-10-18(11-9-16)26-22(28)19(25(23(26)31)15-21(27)29-2)14-17-6-4-5-7-20(17)30-13-12-24/h4-11,14H,3,13,15H2,1-2H3. The van der Waals surface area contributed by atoms with Gasteiger partial charge in [-0.1, -0.05) is 37.3 Å². The Morgan fingerprint density at radius 3 is 2.55 bits per heavy atom. The van der Waals surface area contributed by atoms with E-state index < -0.39 is 5.97 Å². The third-order valence-electron chi connectivity index (χ3n) is 4.76. The summed E-state index contributed by atoms with van der Waals surface area (Å²) in [6.07, 6.45) is 2.47. The number of aryl methyl sites for hydroxylation is 1. The average Bonchev–Trinajstić information content (AvgIpc) is 3.02. The minimum atomic E-state index is -0.529. The van der Waals surface area contributed by atoms with Gasteiger partial charge in [-0.2, -0.15) is 5.26 Å². The maximum Gasteiger partial charge on any atom is 0.325 e. The molecule has 1 amide bonds. The maximum absolute atomic E-state index is 13.4. The van der Waals surface area contributed by atoms with Gasteiger partial charge in [0.15, 0.2) is 11.7 Å². The Kier molecular flexibility index (Phi) is 7.00. The number of hydrogen-bond acceptors (Lipinski definition) is 6. The Morgan fingerprint density at radius 2 is 1.90 bits per heavy atom. The number of nitrogens with zero attached hydrogens (tertiary/aromatic N) is 3. The number of carbonyl (C=O) groups is 2. The highest BCUT2D eigenvalue weighted by Gasteiger charge is 2.40. The van der Waals surface area contributed by atoms with Gasteiger partial charge in [-0.15, -0.1) is 0 Å². The summed E-state index contributed by atoms with van der Waals surface area (Å²) in [6.45, 7) is 1.71. The number of hydrogen-bond donors (Lipinski definition) is 0. The van der Waals surface area contributed by atoms with E-state index in [9.17, 15) is 9.59 Å². The zero-order valence-electron chi connectivity index (χ0n) is 17.2. The predicted molar refractivity (Wildman–Crippen MR) is 120 cm³/mol. The van der Waals surface area contributed by atoms with Gasteiger partial charge in [-0.3, -0.25) is 14.5 Å². The smallest absolute Gasteiger partial charge is 0.325 e. The van der Waals surface area contributed by atoms with E-state index in [1.54, 1.807) is 30.3 Å². The highest BCUT2D eigenvalue weighted by atomic mass is 32.1. The molecule has 3 rings (SSSR count). The number of amides is 1. The molecule has 0 bridgehead atoms. The van der Waals surface area contributed by atoms with Crippen LogP contribution in [0, 0.1) is 11.3 Å². The summed E-state index contributed by atoms with van der Waals surface area (Å²) in [5, 5.41) is 9.00. The first-order valence-electron chi connectivity index (χ1n) is 9.62. The van der Waals surface area contributed by atoms with Crippen LogP contribution in [0.2, 0.25) is 0 Å². The molecule has 1 aliphatic heterocycles. The fourth-order valence-electron chi connectivity index (χ4n) is 3.12. The van der Waals surface area contributed by atoms with Crippen molar-refractivity contribution in [2.75, 3.05) is 25.2 Å². The van der Waals surface area contributed by atoms with Crippen molar-refractivity contribution in [3.63, 3.8) is 0 Å². The lowest BCUT2D eigenvalue weighted by atomic mass is 10.1. The van der Waals surface area contributed by atoms with Gasteiger partial charge in [-0.05, 0) is 48.5 Å². The first-order chi connectivity index (χ1) is 15.0. The molecule has 31 heavy (non-hydrogen) atoms. The Morgan fingerprint density at radius 1 is 1.19 bits per heavy atom. The molecule has 1 heterocycles. The van der Waals surface area contributed by atoms with Crippen molar-refractivity contribution in [1.29, 1.82) is 5.26 Å². The molecule has 0 radical (unpaired) electrons. The number of nitriles is 1. The zero-order valence-corrected chi connectivity index (χ0v) is 18.0. The van der Waals surface area contributed by atoms with Crippen LogP contribution in [0.5, 0.6) is 5.75 Å². The SMILES string of the molecule is CCc1ccc(N2C(=O)C(=Cc3ccccc3OCC#N)N(CC(=O)OC)C2=S)cc1. The summed E-state index contributed by atoms with van der Waals surface area (Å²) in [7, 11) is 1.28. The Labute approximate surface area is 186 Å². The molecule has 2 aromatic carbocycles. The largest absolute Gasteiger partial charge is 0.478 e. The normalized spacial score (nSPS) is 14.7. The van der Waals surface area contributed by atoms with Crippen LogP contribution in [-0.2, 0) is 20.7 Å². The summed E-state index contributed by atoms with van der Waals surface area (Å²) >= 11 is 5.55. The van der Waals surface area contributed by atoms with Crippen LogP contribution < -0.4 is 9.64 Å². The number of methoxy groups -OCH3 is 1. The van der Waals surface area contributed by atoms with E-state index in [1.807, 2.05) is 37.3 Å². The third-order valence-corrected chi connectivity index (χ3v) is 5.16. The van der Waals surface area contributed by atoms with Crippen LogP contribution >= 0.6 is 12.2 Å². The molecule has 0 N–H and O–H groups in total. The number of ether oxygens (including phenoxy) is 2. The predicted octanol–water partition coefficient (Wildman–Crippen LogP) is 3.30. The number of carbonyl (C=O) groups excluding carboxylic acids is 2. The van der Waals surface area contributed by atoms with Crippen molar-refractivity contribution in [2.24, 2.45) is 0 Å². The number of para-hydroxylation sites is 1. The first kappa shape index (κ1) is 22.0. The molecule has 0 spiro atoms. The molecule has 7 nitrogen and oxygen atoms in total. The second-order valence-corrected chi connectivity index (χ2v) is 6.98. The van der Waals surface area contributed by atoms with E-state index in [0.717, 1.165) is 12.0 Å². The summed E-state index contributed by atoms with van der Waals surface area (Å²) < 4.78 is 10.2. The third kappa shape index (κ3) is 4.73. The number of thiocarbonyl (C=S) groups is 1. The van der Waals surface area contributed by atoms with Gasteiger partial charge in [0.25, 0.3) is 5.91 Å². The summed E-state index contributed by atoms with van der Waals surface area (Å²) in [5.41, 5.74) is 2.54. The van der Waals surface area contributed by atoms with Crippen molar-refractivity contribution >= 4 is 41.0 Å². The van der Waals surface area contributed by atoms with Crippen molar-refractivity contribution < 1.29 is 19.1 Å². The maximum atomic E-state index is 13.4. The minimum Gasteiger partial charge on any atom is -0.478 e. The van der Waals surface area contributed by atoms with E-state index in [-0.39, 0.29) is 29.9 Å². The summed E-state index contributed by atoms with van der Waals surface area (Å²) in [4.78, 5) is 28.2. The molecule has 158 valence electrons. The van der Waals surface area contributed by atoms with E-state index in [2.05, 4.69) is 0 Å². The van der Waals surface area contributed by atoms with E-state index in [4.69, 9.17) is 27.0 Å². The van der Waals surface area contributed by atoms with Crippen LogP contribution in [0.25, 0.3) is 6.08 Å². The monoisotopic (exact) mass is 435 g/mol. The van der Waals surface area contributed by atoms with Gasteiger partial charge in [0.2, 0.25) is 0 Å². The van der Waals surface area contributed by atoms with Crippen LogP contribution in [0.3, 0.4) is 0 Å². The Balaban J connectivity index is 2.05. The fourth-order valence-corrected chi connectivity index (χ4v) is 3.47. The number of rotatable bonds is 7. The van der Waals surface area contributed by atoms with Crippen molar-refractivity contribution in [1.82, 2.24) is 4.90 Å². The van der Waals surface area contributed by atoms with Crippen molar-refractivity contribution in [3.8, 4) is 11.8 Å². The molecular weight excluding hydrogens is 414 g/mol. The van der Waals surface area contributed by atoms with Gasteiger partial charge < -0.3 is 14.4 Å². The summed E-state index contributed by atoms with van der Waals surface area (Å²) in [6, 6.07) is 16.5. The van der Waals surface area contributed by atoms with Gasteiger partial charge in [0.05, 0.1) is 12.8 Å². The van der Waals surface area contributed by atoms with Crippen LogP contribution in [0.1, 0.15) is 18.1 Å². The highest BCUT2D eigenvalue weighted by molar-refractivity contribution is 7.80. The summed E-state index contributed by atoms with van der Waals surface area (Å²) in [5.74, 6) is -0.453. The van der Waals surface area contributed by atoms with Crippen molar-refractivity contribution in [3.05, 3.63) is 65.4 Å². The highest BCUT2D eigenvalue weighted by Crippen LogP contribution is 2.31. The second kappa shape index (κ2) is 9.87. The molecule has 0 aromatic heterocycles. The number of benzene rings is 2. The lowest BCUT2D eigenvalue weighted by molar-refractivity contribution is -0.140. The topological polar surface area (TPSA) is 82.9 Å². The molecule has 0 atom stereocenters. The molecule has 8 heteroatoms. The molecule has 1 saturated heterocycles. The molecule has 0 unspecified atom stereocenters. The molecule has 1 aliphatic rings. The van der Waals surface area contributed by atoms with Crippen molar-refractivity contribution in [2.45, 2.75) is 13.3 Å². The van der Waals surface area contributed by atoms with Crippen LogP contribution in [0.15, 0.2) is 54.2 Å². The first-order valence-corrected chi connectivity index (χ1v) is 10.0. The lowest BCUT2D eigenvalue weighted by Gasteiger charge is -2.19. The number of anilines is 1. The van der Waals surface area contributed by atoms with E-state index >= 15 is 0 Å². The minimum absolute atomic E-state index is 0.131. The molecule has 1 fully saturated rings. The Hall–Kier alpha value is -3.70. The van der Waals surface area contributed by atoms with Gasteiger partial charge in [-0.25, -0.2) is 0 Å². The lowest BCUT2D eigenvalue weighted by Crippen LogP contribution is -2.35. The average molecular weight is 436 g/mol. The quantitative estimate of drug-likeness (QED) is 0.375. The van der Waals surface area contributed by atoms with Crippen LogP contribution in [0.4, 0.5) is 5.69 Å². The molecule has 0 saturated carbocycles. The van der Waals surface area contributed by atoms with Gasteiger partial charge >= 0.3 is 5.97 Å². The van der Waals surface area contributed by atoms with Crippen LogP contribution in [-0.4, -0.2) is 42.2 Å². The second-order valence-electron chi connectivity index (χ2n) is 6.62. The van der Waals surface area contributed by atoms with E-state index in [1.165, 1.54) is 16.9 Å². The van der Waals surface area contributed by atoms with Gasteiger partial charge in [0, 0.05) is 5.56 Å². The fraction of sp³-hybridized carbons (Fsp3) is 0.217. The Bertz CT molecular complexity index is 1070.